The molecule has 1 atom stereocenters. The Morgan fingerprint density at radius 2 is 2.00 bits per heavy atom. The Morgan fingerprint density at radius 3 is 2.50 bits per heavy atom. The summed E-state index contributed by atoms with van der Waals surface area (Å²) in [7, 11) is 0. The molecule has 0 aromatic heterocycles. The molecule has 0 spiro atoms. The van der Waals surface area contributed by atoms with Crippen molar-refractivity contribution in [2.75, 3.05) is 13.1 Å². The summed E-state index contributed by atoms with van der Waals surface area (Å²) in [5, 5.41) is 7.46. The largest absolute Gasteiger partial charge is 0.387 e. The van der Waals surface area contributed by atoms with Crippen LogP contribution in [0.4, 0.5) is 0 Å². The Bertz CT molecular complexity index is 412. The minimum absolute atomic E-state index is 0.122. The maximum Gasteiger partial charge on any atom is 0.0947 e. The molecule has 0 aliphatic rings. The lowest BCUT2D eigenvalue weighted by atomic mass is 10.1. The van der Waals surface area contributed by atoms with Crippen LogP contribution in [-0.2, 0) is 6.54 Å². The van der Waals surface area contributed by atoms with Crippen molar-refractivity contribution in [2.24, 2.45) is 11.7 Å². The molecule has 18 heavy (non-hydrogen) atoms. The van der Waals surface area contributed by atoms with Gasteiger partial charge in [-0.15, -0.1) is 0 Å². The summed E-state index contributed by atoms with van der Waals surface area (Å²) < 4.78 is 0. The van der Waals surface area contributed by atoms with Gasteiger partial charge in [-0.3, -0.25) is 10.3 Å². The minimum Gasteiger partial charge on any atom is -0.387 e. The van der Waals surface area contributed by atoms with E-state index in [9.17, 15) is 0 Å². The predicted molar refractivity (Wildman–Crippen MR) is 77.9 cm³/mol. The molecule has 0 bridgehead atoms. The Kier molecular flexibility index (Phi) is 5.35. The molecular formula is C15H25N3. The van der Waals surface area contributed by atoms with E-state index in [-0.39, 0.29) is 11.8 Å². The Morgan fingerprint density at radius 1 is 1.33 bits per heavy atom. The molecule has 3 nitrogen and oxygen atoms in total. The van der Waals surface area contributed by atoms with Crippen molar-refractivity contribution < 1.29 is 0 Å². The highest BCUT2D eigenvalue weighted by Crippen LogP contribution is 2.12. The van der Waals surface area contributed by atoms with Crippen molar-refractivity contribution >= 4 is 5.84 Å². The first-order valence-corrected chi connectivity index (χ1v) is 6.56. The molecule has 0 aliphatic heterocycles. The van der Waals surface area contributed by atoms with Crippen molar-refractivity contribution in [3.8, 4) is 0 Å². The third kappa shape index (κ3) is 4.15. The van der Waals surface area contributed by atoms with Crippen LogP contribution in [0.15, 0.2) is 18.2 Å². The Labute approximate surface area is 111 Å². The Balaban J connectivity index is 2.67. The van der Waals surface area contributed by atoms with E-state index in [1.807, 2.05) is 6.92 Å². The fourth-order valence-corrected chi connectivity index (χ4v) is 1.95. The van der Waals surface area contributed by atoms with Crippen LogP contribution in [0.2, 0.25) is 0 Å². The Hall–Kier alpha value is -1.35. The second kappa shape index (κ2) is 6.55. The third-order valence-corrected chi connectivity index (χ3v) is 3.49. The van der Waals surface area contributed by atoms with Crippen LogP contribution >= 0.6 is 0 Å². The zero-order valence-electron chi connectivity index (χ0n) is 12.0. The fourth-order valence-electron chi connectivity index (χ4n) is 1.95. The van der Waals surface area contributed by atoms with Crippen molar-refractivity contribution in [2.45, 2.75) is 34.2 Å². The second-order valence-corrected chi connectivity index (χ2v) is 5.10. The van der Waals surface area contributed by atoms with Crippen LogP contribution in [0.25, 0.3) is 0 Å². The molecule has 0 amide bonds. The number of aryl methyl sites for hydroxylation is 2. The standard InChI is InChI=1S/C15H25N3/c1-5-18(9-13(4)15(16)17)10-14-7-6-11(2)12(3)8-14/h6-8,13H,5,9-10H2,1-4H3,(H3,16,17). The van der Waals surface area contributed by atoms with E-state index in [4.69, 9.17) is 11.1 Å². The van der Waals surface area contributed by atoms with Crippen molar-refractivity contribution in [1.82, 2.24) is 4.90 Å². The van der Waals surface area contributed by atoms with Gasteiger partial charge in [0.2, 0.25) is 0 Å². The van der Waals surface area contributed by atoms with Gasteiger partial charge in [0, 0.05) is 19.0 Å². The molecule has 3 heteroatoms. The van der Waals surface area contributed by atoms with E-state index in [2.05, 4.69) is 43.9 Å². The maximum absolute atomic E-state index is 7.46. The van der Waals surface area contributed by atoms with Crippen LogP contribution in [0.1, 0.15) is 30.5 Å². The van der Waals surface area contributed by atoms with Crippen LogP contribution in [0.3, 0.4) is 0 Å². The van der Waals surface area contributed by atoms with E-state index < -0.39 is 0 Å². The zero-order chi connectivity index (χ0) is 13.7. The lowest BCUT2D eigenvalue weighted by Crippen LogP contribution is -2.34. The monoisotopic (exact) mass is 247 g/mol. The highest BCUT2D eigenvalue weighted by molar-refractivity contribution is 5.79. The van der Waals surface area contributed by atoms with E-state index >= 15 is 0 Å². The smallest absolute Gasteiger partial charge is 0.0947 e. The molecule has 0 fully saturated rings. The van der Waals surface area contributed by atoms with E-state index in [0.29, 0.717) is 0 Å². The average molecular weight is 247 g/mol. The van der Waals surface area contributed by atoms with Crippen LogP contribution < -0.4 is 5.73 Å². The van der Waals surface area contributed by atoms with Crippen LogP contribution in [-0.4, -0.2) is 23.8 Å². The SMILES string of the molecule is CCN(Cc1ccc(C)c(C)c1)CC(C)C(=N)N. The summed E-state index contributed by atoms with van der Waals surface area (Å²) in [4.78, 5) is 2.33. The van der Waals surface area contributed by atoms with E-state index in [0.717, 1.165) is 19.6 Å². The van der Waals surface area contributed by atoms with Gasteiger partial charge in [-0.1, -0.05) is 32.0 Å². The summed E-state index contributed by atoms with van der Waals surface area (Å²) in [5.41, 5.74) is 9.53. The summed E-state index contributed by atoms with van der Waals surface area (Å²) in [5.74, 6) is 0.394. The predicted octanol–water partition coefficient (Wildman–Crippen LogP) is 2.70. The summed E-state index contributed by atoms with van der Waals surface area (Å²) in [6.07, 6.45) is 0. The van der Waals surface area contributed by atoms with Crippen LogP contribution in [0.5, 0.6) is 0 Å². The molecular weight excluding hydrogens is 222 g/mol. The number of nitrogens with two attached hydrogens (primary N) is 1. The number of rotatable bonds is 6. The first kappa shape index (κ1) is 14.7. The average Bonchev–Trinajstić information content (AvgIpc) is 2.32. The third-order valence-electron chi connectivity index (χ3n) is 3.49. The molecule has 0 saturated carbocycles. The van der Waals surface area contributed by atoms with Gasteiger partial charge < -0.3 is 5.73 Å². The van der Waals surface area contributed by atoms with E-state index in [1.165, 1.54) is 16.7 Å². The summed E-state index contributed by atoms with van der Waals surface area (Å²) >= 11 is 0. The molecule has 0 radical (unpaired) electrons. The maximum atomic E-state index is 7.46. The number of hydrogen-bond donors (Lipinski definition) is 2. The fraction of sp³-hybridized carbons (Fsp3) is 0.533. The van der Waals surface area contributed by atoms with Gasteiger partial charge in [-0.05, 0) is 37.1 Å². The lowest BCUT2D eigenvalue weighted by molar-refractivity contribution is 0.263. The second-order valence-electron chi connectivity index (χ2n) is 5.10. The van der Waals surface area contributed by atoms with Gasteiger partial charge in [-0.25, -0.2) is 0 Å². The highest BCUT2D eigenvalue weighted by atomic mass is 15.1. The van der Waals surface area contributed by atoms with E-state index in [1.54, 1.807) is 0 Å². The number of benzene rings is 1. The van der Waals surface area contributed by atoms with Gasteiger partial charge in [0.05, 0.1) is 5.84 Å². The zero-order valence-corrected chi connectivity index (χ0v) is 12.0. The van der Waals surface area contributed by atoms with Crippen molar-refractivity contribution in [3.05, 3.63) is 34.9 Å². The molecule has 100 valence electrons. The topological polar surface area (TPSA) is 53.1 Å². The van der Waals surface area contributed by atoms with Crippen LogP contribution in [0, 0.1) is 25.2 Å². The number of hydrogen-bond acceptors (Lipinski definition) is 2. The normalized spacial score (nSPS) is 12.7. The molecule has 1 rings (SSSR count). The molecule has 1 aromatic carbocycles. The number of nitrogens with zero attached hydrogens (tertiary/aromatic N) is 1. The summed E-state index contributed by atoms with van der Waals surface area (Å²) in [6.45, 7) is 11.2. The van der Waals surface area contributed by atoms with Gasteiger partial charge in [0.15, 0.2) is 0 Å². The highest BCUT2D eigenvalue weighted by Gasteiger charge is 2.11. The molecule has 0 saturated heterocycles. The van der Waals surface area contributed by atoms with Crippen molar-refractivity contribution in [3.63, 3.8) is 0 Å². The first-order valence-electron chi connectivity index (χ1n) is 6.56. The number of amidine groups is 1. The first-order chi connectivity index (χ1) is 8.43. The quantitative estimate of drug-likeness (QED) is 0.600. The molecule has 0 heterocycles. The minimum atomic E-state index is 0.122. The summed E-state index contributed by atoms with van der Waals surface area (Å²) in [6, 6.07) is 6.60. The molecule has 1 aromatic rings. The van der Waals surface area contributed by atoms with Gasteiger partial charge in [0.25, 0.3) is 0 Å². The van der Waals surface area contributed by atoms with Gasteiger partial charge in [0.1, 0.15) is 0 Å². The molecule has 0 aliphatic carbocycles. The molecule has 3 N–H and O–H groups in total. The van der Waals surface area contributed by atoms with Crippen molar-refractivity contribution in [1.29, 1.82) is 5.41 Å². The van der Waals surface area contributed by atoms with Gasteiger partial charge in [-0.2, -0.15) is 0 Å². The number of nitrogens with one attached hydrogen (secondary N) is 1. The van der Waals surface area contributed by atoms with Gasteiger partial charge >= 0.3 is 0 Å². The molecule has 1 unspecified atom stereocenters. The lowest BCUT2D eigenvalue weighted by Gasteiger charge is -2.24.